The highest BCUT2D eigenvalue weighted by atomic mass is 32.2. The van der Waals surface area contributed by atoms with Gasteiger partial charge in [-0.1, -0.05) is 12.1 Å². The number of carboxylic acid groups (broad SMARTS) is 1. The number of aryl methyl sites for hydroxylation is 1. The lowest BCUT2D eigenvalue weighted by Crippen LogP contribution is -2.23. The number of hydrogen-bond acceptors (Lipinski definition) is 4. The highest BCUT2D eigenvalue weighted by molar-refractivity contribution is 8.00. The molecule has 1 aromatic rings. The standard InChI is InChI=1S/C17H23NO4S/c19-16(12-23-11-15-6-1-2-9-22-15)18-14-5-3-4-13(10-14)7-8-17(20)21/h3-5,10,15H,1-2,6-9,11-12H2,(H,18,19)(H,20,21). The number of amides is 1. The Labute approximate surface area is 140 Å². The summed E-state index contributed by atoms with van der Waals surface area (Å²) in [6, 6.07) is 7.34. The Morgan fingerprint density at radius 3 is 2.96 bits per heavy atom. The first kappa shape index (κ1) is 17.8. The highest BCUT2D eigenvalue weighted by Crippen LogP contribution is 2.18. The molecule has 1 fully saturated rings. The minimum Gasteiger partial charge on any atom is -0.481 e. The van der Waals surface area contributed by atoms with Crippen LogP contribution in [0.2, 0.25) is 0 Å². The third kappa shape index (κ3) is 7.05. The maximum Gasteiger partial charge on any atom is 0.303 e. The van der Waals surface area contributed by atoms with Crippen molar-refractivity contribution in [2.45, 2.75) is 38.2 Å². The number of ether oxygens (including phenoxy) is 1. The Kier molecular flexibility index (Phi) is 7.42. The van der Waals surface area contributed by atoms with Gasteiger partial charge in [0.25, 0.3) is 0 Å². The topological polar surface area (TPSA) is 75.6 Å². The summed E-state index contributed by atoms with van der Waals surface area (Å²) >= 11 is 1.59. The van der Waals surface area contributed by atoms with Crippen molar-refractivity contribution in [2.75, 3.05) is 23.4 Å². The number of thioether (sulfide) groups is 1. The van der Waals surface area contributed by atoms with Crippen LogP contribution in [0.15, 0.2) is 24.3 Å². The second-order valence-corrected chi connectivity index (χ2v) is 6.68. The Hall–Kier alpha value is -1.53. The van der Waals surface area contributed by atoms with Gasteiger partial charge in [-0.2, -0.15) is 0 Å². The molecule has 6 heteroatoms. The van der Waals surface area contributed by atoms with Gasteiger partial charge in [-0.15, -0.1) is 11.8 Å². The van der Waals surface area contributed by atoms with E-state index < -0.39 is 5.97 Å². The van der Waals surface area contributed by atoms with E-state index in [-0.39, 0.29) is 18.4 Å². The van der Waals surface area contributed by atoms with Gasteiger partial charge in [0.2, 0.25) is 5.91 Å². The summed E-state index contributed by atoms with van der Waals surface area (Å²) in [5, 5.41) is 11.6. The van der Waals surface area contributed by atoms with E-state index in [1.807, 2.05) is 24.3 Å². The zero-order valence-corrected chi connectivity index (χ0v) is 13.9. The Bertz CT molecular complexity index is 529. The second-order valence-electron chi connectivity index (χ2n) is 5.65. The summed E-state index contributed by atoms with van der Waals surface area (Å²) in [6.45, 7) is 0.834. The van der Waals surface area contributed by atoms with Crippen molar-refractivity contribution in [3.63, 3.8) is 0 Å². The molecule has 2 rings (SSSR count). The molecule has 0 aliphatic carbocycles. The second kappa shape index (κ2) is 9.57. The number of hydrogen-bond donors (Lipinski definition) is 2. The maximum atomic E-state index is 12.0. The molecule has 0 saturated carbocycles. The Balaban J connectivity index is 1.71. The summed E-state index contributed by atoms with van der Waals surface area (Å²) < 4.78 is 5.64. The Morgan fingerprint density at radius 1 is 1.35 bits per heavy atom. The van der Waals surface area contributed by atoms with Crippen LogP contribution < -0.4 is 5.32 Å². The van der Waals surface area contributed by atoms with Crippen LogP contribution in [-0.2, 0) is 20.7 Å². The molecule has 1 aromatic carbocycles. The summed E-state index contributed by atoms with van der Waals surface area (Å²) in [5.41, 5.74) is 1.63. The molecule has 1 saturated heterocycles. The van der Waals surface area contributed by atoms with Crippen molar-refractivity contribution in [3.8, 4) is 0 Å². The third-order valence-electron chi connectivity index (χ3n) is 3.65. The van der Waals surface area contributed by atoms with Gasteiger partial charge in [0.1, 0.15) is 0 Å². The quantitative estimate of drug-likeness (QED) is 0.763. The number of carboxylic acids is 1. The van der Waals surface area contributed by atoms with E-state index in [1.165, 1.54) is 6.42 Å². The molecule has 0 spiro atoms. The van der Waals surface area contributed by atoms with Crippen LogP contribution in [0, 0.1) is 0 Å². The first-order valence-corrected chi connectivity index (χ1v) is 9.09. The van der Waals surface area contributed by atoms with Crippen LogP contribution in [-0.4, -0.2) is 41.2 Å². The molecule has 0 aromatic heterocycles. The SMILES string of the molecule is O=C(O)CCc1cccc(NC(=O)CSCC2CCCCO2)c1. The van der Waals surface area contributed by atoms with Crippen LogP contribution in [0.1, 0.15) is 31.2 Å². The number of rotatable bonds is 8. The molecule has 1 heterocycles. The molecule has 1 amide bonds. The van der Waals surface area contributed by atoms with Gasteiger partial charge < -0.3 is 15.2 Å². The van der Waals surface area contributed by atoms with E-state index >= 15 is 0 Å². The van der Waals surface area contributed by atoms with Crippen molar-refractivity contribution in [1.29, 1.82) is 0 Å². The van der Waals surface area contributed by atoms with E-state index in [9.17, 15) is 9.59 Å². The summed E-state index contributed by atoms with van der Waals surface area (Å²) in [5.74, 6) is 0.396. The van der Waals surface area contributed by atoms with Gasteiger partial charge in [-0.05, 0) is 43.4 Å². The number of anilines is 1. The minimum absolute atomic E-state index is 0.0406. The summed E-state index contributed by atoms with van der Waals surface area (Å²) in [6.07, 6.45) is 4.27. The minimum atomic E-state index is -0.819. The van der Waals surface area contributed by atoms with Crippen molar-refractivity contribution >= 4 is 29.3 Å². The largest absolute Gasteiger partial charge is 0.481 e. The van der Waals surface area contributed by atoms with Crippen LogP contribution in [0.5, 0.6) is 0 Å². The van der Waals surface area contributed by atoms with E-state index in [1.54, 1.807) is 11.8 Å². The Morgan fingerprint density at radius 2 is 2.22 bits per heavy atom. The van der Waals surface area contributed by atoms with Gasteiger partial charge in [-0.25, -0.2) is 0 Å². The predicted molar refractivity (Wildman–Crippen MR) is 91.9 cm³/mol. The first-order valence-electron chi connectivity index (χ1n) is 7.93. The molecule has 1 atom stereocenters. The molecule has 0 radical (unpaired) electrons. The number of aliphatic carboxylic acids is 1. The number of benzene rings is 1. The lowest BCUT2D eigenvalue weighted by Gasteiger charge is -2.21. The molecule has 1 aliphatic heterocycles. The van der Waals surface area contributed by atoms with Crippen LogP contribution in [0.3, 0.4) is 0 Å². The van der Waals surface area contributed by atoms with Crippen LogP contribution in [0.4, 0.5) is 5.69 Å². The van der Waals surface area contributed by atoms with Gasteiger partial charge in [0.05, 0.1) is 11.9 Å². The maximum absolute atomic E-state index is 12.0. The zero-order valence-electron chi connectivity index (χ0n) is 13.1. The third-order valence-corrected chi connectivity index (χ3v) is 4.72. The monoisotopic (exact) mass is 337 g/mol. The lowest BCUT2D eigenvalue weighted by atomic mass is 10.1. The molecule has 1 aliphatic rings. The van der Waals surface area contributed by atoms with E-state index in [4.69, 9.17) is 9.84 Å². The molecule has 23 heavy (non-hydrogen) atoms. The van der Waals surface area contributed by atoms with Gasteiger partial charge in [-0.3, -0.25) is 9.59 Å². The number of carbonyl (C=O) groups excluding carboxylic acids is 1. The van der Waals surface area contributed by atoms with Crippen molar-refractivity contribution < 1.29 is 19.4 Å². The fraction of sp³-hybridized carbons (Fsp3) is 0.529. The molecule has 0 bridgehead atoms. The first-order chi connectivity index (χ1) is 11.1. The summed E-state index contributed by atoms with van der Waals surface area (Å²) in [4.78, 5) is 22.6. The van der Waals surface area contributed by atoms with Crippen LogP contribution >= 0.6 is 11.8 Å². The van der Waals surface area contributed by atoms with Gasteiger partial charge >= 0.3 is 5.97 Å². The fourth-order valence-corrected chi connectivity index (χ4v) is 3.38. The molecular weight excluding hydrogens is 314 g/mol. The van der Waals surface area contributed by atoms with Crippen molar-refractivity contribution in [2.24, 2.45) is 0 Å². The smallest absolute Gasteiger partial charge is 0.303 e. The van der Waals surface area contributed by atoms with E-state index in [0.29, 0.717) is 17.9 Å². The van der Waals surface area contributed by atoms with Gasteiger partial charge in [0, 0.05) is 24.5 Å². The molecule has 2 N–H and O–H groups in total. The normalized spacial score (nSPS) is 17.7. The van der Waals surface area contributed by atoms with E-state index in [0.717, 1.165) is 30.8 Å². The predicted octanol–water partition coefficient (Wildman–Crippen LogP) is 2.94. The van der Waals surface area contributed by atoms with Crippen LogP contribution in [0.25, 0.3) is 0 Å². The number of nitrogens with one attached hydrogen (secondary N) is 1. The average Bonchev–Trinajstić information content (AvgIpc) is 2.54. The number of carbonyl (C=O) groups is 2. The average molecular weight is 337 g/mol. The van der Waals surface area contributed by atoms with Crippen molar-refractivity contribution in [3.05, 3.63) is 29.8 Å². The molecule has 1 unspecified atom stereocenters. The zero-order chi connectivity index (χ0) is 16.5. The summed E-state index contributed by atoms with van der Waals surface area (Å²) in [7, 11) is 0. The van der Waals surface area contributed by atoms with Gasteiger partial charge in [0.15, 0.2) is 0 Å². The fourth-order valence-electron chi connectivity index (χ4n) is 2.47. The molecular formula is C17H23NO4S. The molecule has 5 nitrogen and oxygen atoms in total. The molecule has 126 valence electrons. The lowest BCUT2D eigenvalue weighted by molar-refractivity contribution is -0.137. The highest BCUT2D eigenvalue weighted by Gasteiger charge is 2.14. The van der Waals surface area contributed by atoms with Crippen molar-refractivity contribution in [1.82, 2.24) is 0 Å². The van der Waals surface area contributed by atoms with E-state index in [2.05, 4.69) is 5.32 Å².